The van der Waals surface area contributed by atoms with Crippen LogP contribution in [0.5, 0.6) is 11.5 Å². The first-order valence-corrected chi connectivity index (χ1v) is 8.75. The predicted octanol–water partition coefficient (Wildman–Crippen LogP) is 2.74. The summed E-state index contributed by atoms with van der Waals surface area (Å²) in [6.45, 7) is 3.37. The molecule has 2 aromatic rings. The van der Waals surface area contributed by atoms with Crippen LogP contribution in [-0.4, -0.2) is 51.3 Å². The minimum absolute atomic E-state index is 0.0458. The van der Waals surface area contributed by atoms with Gasteiger partial charge in [0.2, 0.25) is 0 Å². The fourth-order valence-electron chi connectivity index (χ4n) is 3.17. The van der Waals surface area contributed by atoms with E-state index >= 15 is 0 Å². The third-order valence-corrected chi connectivity index (χ3v) is 4.62. The van der Waals surface area contributed by atoms with Gasteiger partial charge >= 0.3 is 6.03 Å². The van der Waals surface area contributed by atoms with Crippen molar-refractivity contribution in [3.8, 4) is 11.5 Å². The maximum atomic E-state index is 12.5. The lowest BCUT2D eigenvalue weighted by Gasteiger charge is -2.36. The van der Waals surface area contributed by atoms with Crippen molar-refractivity contribution < 1.29 is 14.3 Å². The van der Waals surface area contributed by atoms with E-state index in [9.17, 15) is 4.79 Å². The molecule has 0 aliphatic carbocycles. The van der Waals surface area contributed by atoms with Crippen LogP contribution in [0.15, 0.2) is 48.5 Å². The number of benzene rings is 2. The summed E-state index contributed by atoms with van der Waals surface area (Å²) in [6, 6.07) is 15.6. The number of nitrogens with one attached hydrogen (secondary N) is 1. The van der Waals surface area contributed by atoms with Crippen molar-refractivity contribution in [2.75, 3.05) is 45.3 Å². The first-order valence-electron chi connectivity index (χ1n) is 8.75. The molecule has 0 saturated carbocycles. The van der Waals surface area contributed by atoms with E-state index in [0.717, 1.165) is 35.8 Å². The van der Waals surface area contributed by atoms with Crippen LogP contribution in [0.4, 0.5) is 10.5 Å². The molecule has 6 heteroatoms. The lowest BCUT2D eigenvalue weighted by Crippen LogP contribution is -2.51. The minimum atomic E-state index is -0.0458. The average Bonchev–Trinajstić information content (AvgIpc) is 2.72. The van der Waals surface area contributed by atoms with Crippen molar-refractivity contribution in [3.05, 3.63) is 54.1 Å². The number of urea groups is 1. The molecule has 2 amide bonds. The Labute approximate surface area is 154 Å². The lowest BCUT2D eigenvalue weighted by atomic mass is 10.2. The Hall–Kier alpha value is -2.89. The summed E-state index contributed by atoms with van der Waals surface area (Å²) in [7, 11) is 3.32. The van der Waals surface area contributed by atoms with Gasteiger partial charge in [-0.15, -0.1) is 0 Å². The summed E-state index contributed by atoms with van der Waals surface area (Å²) in [5, 5.41) is 2.98. The van der Waals surface area contributed by atoms with Crippen LogP contribution in [0.1, 0.15) is 5.56 Å². The number of ether oxygens (including phenoxy) is 2. The number of hydrogen-bond acceptors (Lipinski definition) is 4. The number of nitrogens with zero attached hydrogens (tertiary/aromatic N) is 2. The Morgan fingerprint density at radius 1 is 0.923 bits per heavy atom. The number of hydrogen-bond donors (Lipinski definition) is 1. The monoisotopic (exact) mass is 355 g/mol. The molecule has 0 spiro atoms. The van der Waals surface area contributed by atoms with Crippen molar-refractivity contribution >= 4 is 11.7 Å². The molecule has 138 valence electrons. The largest absolute Gasteiger partial charge is 0.496 e. The zero-order chi connectivity index (χ0) is 18.4. The quantitative estimate of drug-likeness (QED) is 0.896. The van der Waals surface area contributed by atoms with E-state index in [0.29, 0.717) is 19.6 Å². The van der Waals surface area contributed by atoms with Gasteiger partial charge in [0, 0.05) is 38.3 Å². The Morgan fingerprint density at radius 3 is 2.23 bits per heavy atom. The van der Waals surface area contributed by atoms with Gasteiger partial charge in [-0.25, -0.2) is 4.79 Å². The van der Waals surface area contributed by atoms with E-state index in [4.69, 9.17) is 9.47 Å². The highest BCUT2D eigenvalue weighted by molar-refractivity contribution is 5.74. The Bertz CT molecular complexity index is 743. The molecule has 1 heterocycles. The number of anilines is 1. The summed E-state index contributed by atoms with van der Waals surface area (Å²) in [5.74, 6) is 1.65. The second kappa shape index (κ2) is 8.47. The van der Waals surface area contributed by atoms with Crippen LogP contribution in [0.2, 0.25) is 0 Å². The zero-order valence-corrected chi connectivity index (χ0v) is 15.3. The molecule has 3 rings (SSSR count). The fraction of sp³-hybridized carbons (Fsp3) is 0.350. The van der Waals surface area contributed by atoms with E-state index < -0.39 is 0 Å². The molecule has 1 saturated heterocycles. The normalized spacial score (nSPS) is 14.1. The Balaban J connectivity index is 1.54. The van der Waals surface area contributed by atoms with Gasteiger partial charge in [0.15, 0.2) is 0 Å². The number of rotatable bonds is 5. The van der Waals surface area contributed by atoms with Crippen molar-refractivity contribution in [1.82, 2.24) is 10.2 Å². The number of carbonyl (C=O) groups excluding carboxylic acids is 1. The van der Waals surface area contributed by atoms with E-state index in [-0.39, 0.29) is 6.03 Å². The van der Waals surface area contributed by atoms with E-state index in [1.54, 1.807) is 14.2 Å². The molecule has 0 radical (unpaired) electrons. The molecule has 2 aromatic carbocycles. The smallest absolute Gasteiger partial charge is 0.317 e. The van der Waals surface area contributed by atoms with Gasteiger partial charge in [0.25, 0.3) is 0 Å². The summed E-state index contributed by atoms with van der Waals surface area (Å²) >= 11 is 0. The van der Waals surface area contributed by atoms with Crippen LogP contribution in [0, 0.1) is 0 Å². The summed E-state index contributed by atoms with van der Waals surface area (Å²) in [5.41, 5.74) is 2.04. The topological polar surface area (TPSA) is 54.0 Å². The number of amides is 2. The maximum Gasteiger partial charge on any atom is 0.317 e. The molecule has 0 unspecified atom stereocenters. The minimum Gasteiger partial charge on any atom is -0.496 e. The SMILES string of the molecule is COc1ccccc1CNC(=O)N1CCN(c2ccccc2OC)CC1. The van der Waals surface area contributed by atoms with Crippen molar-refractivity contribution in [2.45, 2.75) is 6.54 Å². The zero-order valence-electron chi connectivity index (χ0n) is 15.3. The van der Waals surface area contributed by atoms with Crippen molar-refractivity contribution in [1.29, 1.82) is 0 Å². The molecular formula is C20H25N3O3. The summed E-state index contributed by atoms with van der Waals surface area (Å²) in [4.78, 5) is 16.6. The Kier molecular flexibility index (Phi) is 5.84. The van der Waals surface area contributed by atoms with Gasteiger partial charge in [-0.3, -0.25) is 0 Å². The average molecular weight is 355 g/mol. The van der Waals surface area contributed by atoms with Crippen LogP contribution < -0.4 is 19.7 Å². The number of methoxy groups -OCH3 is 2. The third kappa shape index (κ3) is 4.02. The van der Waals surface area contributed by atoms with Crippen LogP contribution in [0.3, 0.4) is 0 Å². The van der Waals surface area contributed by atoms with Crippen LogP contribution in [-0.2, 0) is 6.54 Å². The third-order valence-electron chi connectivity index (χ3n) is 4.62. The van der Waals surface area contributed by atoms with Gasteiger partial charge in [0.1, 0.15) is 11.5 Å². The standard InChI is InChI=1S/C20H25N3O3/c1-25-18-9-5-3-7-16(18)15-21-20(24)23-13-11-22(12-14-23)17-8-4-6-10-19(17)26-2/h3-10H,11-15H2,1-2H3,(H,21,24). The van der Waals surface area contributed by atoms with E-state index in [1.807, 2.05) is 47.4 Å². The van der Waals surface area contributed by atoms with Crippen molar-refractivity contribution in [2.24, 2.45) is 0 Å². The number of piperazine rings is 1. The highest BCUT2D eigenvalue weighted by atomic mass is 16.5. The predicted molar refractivity (Wildman–Crippen MR) is 102 cm³/mol. The highest BCUT2D eigenvalue weighted by Crippen LogP contribution is 2.28. The number of carbonyl (C=O) groups is 1. The van der Waals surface area contributed by atoms with Crippen LogP contribution in [0.25, 0.3) is 0 Å². The molecule has 1 aliphatic rings. The Morgan fingerprint density at radius 2 is 1.54 bits per heavy atom. The first kappa shape index (κ1) is 17.9. The second-order valence-electron chi connectivity index (χ2n) is 6.12. The molecular weight excluding hydrogens is 330 g/mol. The molecule has 0 bridgehead atoms. The van der Waals surface area contributed by atoms with Gasteiger partial charge in [-0.05, 0) is 18.2 Å². The summed E-state index contributed by atoms with van der Waals surface area (Å²) in [6.07, 6.45) is 0. The van der Waals surface area contributed by atoms with Gasteiger partial charge in [0.05, 0.1) is 19.9 Å². The second-order valence-corrected chi connectivity index (χ2v) is 6.12. The molecule has 0 aromatic heterocycles. The van der Waals surface area contributed by atoms with Gasteiger partial charge in [-0.1, -0.05) is 30.3 Å². The molecule has 26 heavy (non-hydrogen) atoms. The molecule has 6 nitrogen and oxygen atoms in total. The first-order chi connectivity index (χ1) is 12.7. The maximum absolute atomic E-state index is 12.5. The molecule has 1 aliphatic heterocycles. The van der Waals surface area contributed by atoms with E-state index in [2.05, 4.69) is 16.3 Å². The fourth-order valence-corrected chi connectivity index (χ4v) is 3.17. The van der Waals surface area contributed by atoms with E-state index in [1.165, 1.54) is 0 Å². The molecule has 1 N–H and O–H groups in total. The summed E-state index contributed by atoms with van der Waals surface area (Å²) < 4.78 is 10.8. The highest BCUT2D eigenvalue weighted by Gasteiger charge is 2.22. The molecule has 0 atom stereocenters. The molecule has 1 fully saturated rings. The van der Waals surface area contributed by atoms with Gasteiger partial charge < -0.3 is 24.6 Å². The number of para-hydroxylation sites is 3. The lowest BCUT2D eigenvalue weighted by molar-refractivity contribution is 0.193. The van der Waals surface area contributed by atoms with Crippen molar-refractivity contribution in [3.63, 3.8) is 0 Å². The van der Waals surface area contributed by atoms with Crippen LogP contribution >= 0.6 is 0 Å². The van der Waals surface area contributed by atoms with Gasteiger partial charge in [-0.2, -0.15) is 0 Å².